The number of benzene rings is 2. The van der Waals surface area contributed by atoms with Gasteiger partial charge in [0.25, 0.3) is 5.69 Å². The van der Waals surface area contributed by atoms with Crippen molar-refractivity contribution in [3.8, 4) is 0 Å². The van der Waals surface area contributed by atoms with Crippen LogP contribution in [-0.2, 0) is 9.59 Å². The molecule has 1 aliphatic heterocycles. The number of nitro benzene ring substituents is 1. The minimum Gasteiger partial charge on any atom is -0.326 e. The maximum absolute atomic E-state index is 12.5. The Labute approximate surface area is 150 Å². The van der Waals surface area contributed by atoms with Gasteiger partial charge in [-0.25, -0.2) is 0 Å². The fourth-order valence-corrected chi connectivity index (χ4v) is 2.98. The third-order valence-electron chi connectivity index (χ3n) is 4.52. The molecule has 1 heterocycles. The lowest BCUT2D eigenvalue weighted by Crippen LogP contribution is -2.28. The summed E-state index contributed by atoms with van der Waals surface area (Å²) >= 11 is 0. The van der Waals surface area contributed by atoms with Crippen LogP contribution in [0.15, 0.2) is 42.5 Å². The van der Waals surface area contributed by atoms with E-state index in [4.69, 9.17) is 0 Å². The number of hydrogen-bond acceptors (Lipinski definition) is 4. The van der Waals surface area contributed by atoms with Crippen LogP contribution in [0.25, 0.3) is 0 Å². The monoisotopic (exact) mass is 353 g/mol. The standard InChI is InChI=1S/C19H19N3O4/c1-12-3-6-15(7-4-12)20-19(24)14-9-18(23)21(11-14)16-8-5-13(2)17(10-16)22(25)26/h3-8,10,14H,9,11H2,1-2H3,(H,20,24)/t14-/m1/s1. The molecule has 7 nitrogen and oxygen atoms in total. The molecule has 1 N–H and O–H groups in total. The zero-order valence-electron chi connectivity index (χ0n) is 14.6. The van der Waals surface area contributed by atoms with E-state index in [2.05, 4.69) is 5.32 Å². The molecular formula is C19H19N3O4. The summed E-state index contributed by atoms with van der Waals surface area (Å²) in [6.07, 6.45) is 0.0827. The van der Waals surface area contributed by atoms with Crippen molar-refractivity contribution in [2.45, 2.75) is 20.3 Å². The lowest BCUT2D eigenvalue weighted by atomic mass is 10.1. The van der Waals surface area contributed by atoms with Crippen LogP contribution in [0.3, 0.4) is 0 Å². The molecule has 1 fully saturated rings. The van der Waals surface area contributed by atoms with Gasteiger partial charge in [0.2, 0.25) is 11.8 Å². The molecule has 7 heteroatoms. The molecule has 0 saturated carbocycles. The molecule has 2 aromatic carbocycles. The minimum absolute atomic E-state index is 0.0390. The number of carbonyl (C=O) groups is 2. The van der Waals surface area contributed by atoms with Gasteiger partial charge >= 0.3 is 0 Å². The maximum atomic E-state index is 12.5. The van der Waals surface area contributed by atoms with E-state index in [1.807, 2.05) is 31.2 Å². The first-order chi connectivity index (χ1) is 12.3. The Hall–Kier alpha value is -3.22. The fraction of sp³-hybridized carbons (Fsp3) is 0.263. The average molecular weight is 353 g/mol. The Bertz CT molecular complexity index is 877. The molecule has 1 aliphatic rings. The van der Waals surface area contributed by atoms with Gasteiger partial charge in [-0.3, -0.25) is 19.7 Å². The molecule has 1 saturated heterocycles. The zero-order chi connectivity index (χ0) is 18.8. The van der Waals surface area contributed by atoms with Crippen LogP contribution in [0.5, 0.6) is 0 Å². The van der Waals surface area contributed by atoms with E-state index in [-0.39, 0.29) is 30.5 Å². The number of anilines is 2. The number of rotatable bonds is 4. The molecular weight excluding hydrogens is 334 g/mol. The van der Waals surface area contributed by atoms with E-state index >= 15 is 0 Å². The van der Waals surface area contributed by atoms with E-state index in [0.29, 0.717) is 16.9 Å². The van der Waals surface area contributed by atoms with Crippen LogP contribution >= 0.6 is 0 Å². The first-order valence-electron chi connectivity index (χ1n) is 8.28. The second-order valence-electron chi connectivity index (χ2n) is 6.49. The number of aryl methyl sites for hydroxylation is 2. The van der Waals surface area contributed by atoms with E-state index in [9.17, 15) is 19.7 Å². The highest BCUT2D eigenvalue weighted by Gasteiger charge is 2.35. The van der Waals surface area contributed by atoms with Gasteiger partial charge in [0.15, 0.2) is 0 Å². The third kappa shape index (κ3) is 3.56. The van der Waals surface area contributed by atoms with Gasteiger partial charge in [-0.05, 0) is 32.0 Å². The second kappa shape index (κ2) is 6.95. The first kappa shape index (κ1) is 17.6. The SMILES string of the molecule is Cc1ccc(NC(=O)[C@@H]2CC(=O)N(c3ccc(C)c([N+](=O)[O-])c3)C2)cc1. The number of carbonyl (C=O) groups excluding carboxylic acids is 2. The van der Waals surface area contributed by atoms with Crippen molar-refractivity contribution in [3.05, 3.63) is 63.7 Å². The summed E-state index contributed by atoms with van der Waals surface area (Å²) in [6, 6.07) is 12.1. The summed E-state index contributed by atoms with van der Waals surface area (Å²) < 4.78 is 0. The number of nitrogens with zero attached hydrogens (tertiary/aromatic N) is 2. The molecule has 134 valence electrons. The molecule has 26 heavy (non-hydrogen) atoms. The van der Waals surface area contributed by atoms with Crippen molar-refractivity contribution in [1.29, 1.82) is 0 Å². The van der Waals surface area contributed by atoms with Gasteiger partial charge in [0, 0.05) is 30.3 Å². The topological polar surface area (TPSA) is 92.6 Å². The molecule has 0 spiro atoms. The summed E-state index contributed by atoms with van der Waals surface area (Å²) in [6.45, 7) is 3.81. The smallest absolute Gasteiger partial charge is 0.274 e. The van der Waals surface area contributed by atoms with Crippen molar-refractivity contribution in [3.63, 3.8) is 0 Å². The van der Waals surface area contributed by atoms with Gasteiger partial charge < -0.3 is 10.2 Å². The van der Waals surface area contributed by atoms with E-state index in [1.165, 1.54) is 11.0 Å². The second-order valence-corrected chi connectivity index (χ2v) is 6.49. The zero-order valence-corrected chi connectivity index (χ0v) is 14.6. The van der Waals surface area contributed by atoms with Crippen LogP contribution in [-0.4, -0.2) is 23.3 Å². The van der Waals surface area contributed by atoms with Gasteiger partial charge in [-0.15, -0.1) is 0 Å². The van der Waals surface area contributed by atoms with Crippen molar-refractivity contribution in [2.24, 2.45) is 5.92 Å². The van der Waals surface area contributed by atoms with Gasteiger partial charge in [0.05, 0.1) is 16.5 Å². The largest absolute Gasteiger partial charge is 0.326 e. The highest BCUT2D eigenvalue weighted by molar-refractivity contribution is 6.03. The minimum atomic E-state index is -0.496. The molecule has 0 aromatic heterocycles. The number of hydrogen-bond donors (Lipinski definition) is 1. The molecule has 0 aliphatic carbocycles. The van der Waals surface area contributed by atoms with Crippen LogP contribution < -0.4 is 10.2 Å². The molecule has 1 atom stereocenters. The van der Waals surface area contributed by atoms with Crippen molar-refractivity contribution < 1.29 is 14.5 Å². The van der Waals surface area contributed by atoms with Crippen LogP contribution in [0.2, 0.25) is 0 Å². The Morgan fingerprint density at radius 1 is 1.19 bits per heavy atom. The molecule has 0 radical (unpaired) electrons. The van der Waals surface area contributed by atoms with Crippen LogP contribution in [0.4, 0.5) is 17.1 Å². The molecule has 2 amide bonds. The van der Waals surface area contributed by atoms with Gasteiger partial charge in [0.1, 0.15) is 0 Å². The number of amides is 2. The Kier molecular flexibility index (Phi) is 4.71. The number of nitrogens with one attached hydrogen (secondary N) is 1. The summed E-state index contributed by atoms with van der Waals surface area (Å²) in [4.78, 5) is 36.9. The van der Waals surface area contributed by atoms with Gasteiger partial charge in [-0.2, -0.15) is 0 Å². The predicted molar refractivity (Wildman–Crippen MR) is 98.1 cm³/mol. The Morgan fingerprint density at radius 2 is 1.88 bits per heavy atom. The fourth-order valence-electron chi connectivity index (χ4n) is 2.98. The summed E-state index contributed by atoms with van der Waals surface area (Å²) in [5, 5.41) is 13.9. The van der Waals surface area contributed by atoms with Crippen LogP contribution in [0, 0.1) is 29.9 Å². The summed E-state index contributed by atoms with van der Waals surface area (Å²) in [7, 11) is 0. The number of nitro groups is 1. The summed E-state index contributed by atoms with van der Waals surface area (Å²) in [5.41, 5.74) is 2.70. The van der Waals surface area contributed by atoms with E-state index in [0.717, 1.165) is 5.56 Å². The van der Waals surface area contributed by atoms with Crippen molar-refractivity contribution >= 4 is 28.9 Å². The Morgan fingerprint density at radius 3 is 2.54 bits per heavy atom. The van der Waals surface area contributed by atoms with Crippen molar-refractivity contribution in [2.75, 3.05) is 16.8 Å². The predicted octanol–water partition coefficient (Wildman–Crippen LogP) is 3.20. The first-order valence-corrected chi connectivity index (χ1v) is 8.28. The summed E-state index contributed by atoms with van der Waals surface area (Å²) in [5.74, 6) is -0.942. The third-order valence-corrected chi connectivity index (χ3v) is 4.52. The van der Waals surface area contributed by atoms with Crippen molar-refractivity contribution in [1.82, 2.24) is 0 Å². The maximum Gasteiger partial charge on any atom is 0.274 e. The highest BCUT2D eigenvalue weighted by atomic mass is 16.6. The lowest BCUT2D eigenvalue weighted by molar-refractivity contribution is -0.385. The average Bonchev–Trinajstić information content (AvgIpc) is 2.99. The molecule has 0 unspecified atom stereocenters. The van der Waals surface area contributed by atoms with Crippen LogP contribution in [0.1, 0.15) is 17.5 Å². The molecule has 3 rings (SSSR count). The molecule has 0 bridgehead atoms. The van der Waals surface area contributed by atoms with E-state index in [1.54, 1.807) is 19.1 Å². The van der Waals surface area contributed by atoms with Gasteiger partial charge in [-0.1, -0.05) is 23.8 Å². The normalized spacial score (nSPS) is 16.6. The highest BCUT2D eigenvalue weighted by Crippen LogP contribution is 2.30. The van der Waals surface area contributed by atoms with E-state index < -0.39 is 10.8 Å². The molecule has 2 aromatic rings. The Balaban J connectivity index is 1.74. The quantitative estimate of drug-likeness (QED) is 0.675. The lowest BCUT2D eigenvalue weighted by Gasteiger charge is -2.17.